The van der Waals surface area contributed by atoms with Crippen LogP contribution in [0.4, 0.5) is 0 Å². The van der Waals surface area contributed by atoms with E-state index in [2.05, 4.69) is 0 Å². The van der Waals surface area contributed by atoms with Gasteiger partial charge in [-0.1, -0.05) is 0 Å². The van der Waals surface area contributed by atoms with E-state index in [0.29, 0.717) is 0 Å². The Kier molecular flexibility index (Phi) is 10.1. The minimum atomic E-state index is -1.85. The van der Waals surface area contributed by atoms with Crippen LogP contribution in [0.3, 0.4) is 0 Å². The zero-order valence-corrected chi connectivity index (χ0v) is 18.7. The number of hydrogen-bond acceptors (Lipinski definition) is 16. The Morgan fingerprint density at radius 1 is 0.514 bits per heavy atom. The number of hydrogen-bond donors (Lipinski definition) is 10. The van der Waals surface area contributed by atoms with Gasteiger partial charge in [0.1, 0.15) is 67.1 Å². The van der Waals surface area contributed by atoms with Gasteiger partial charge in [0, 0.05) is 0 Å². The molecular formula is C19H34O16. The normalized spacial score (nSPS) is 51.3. The van der Waals surface area contributed by atoms with Gasteiger partial charge in [-0.25, -0.2) is 9.78 Å². The van der Waals surface area contributed by atoms with Crippen molar-refractivity contribution in [2.45, 2.75) is 98.9 Å². The van der Waals surface area contributed by atoms with Gasteiger partial charge in [-0.15, -0.1) is 0 Å². The lowest BCUT2D eigenvalue weighted by molar-refractivity contribution is -0.475. The van der Waals surface area contributed by atoms with Crippen molar-refractivity contribution in [2.75, 3.05) is 19.8 Å². The second-order valence-corrected chi connectivity index (χ2v) is 8.71. The highest BCUT2D eigenvalue weighted by atomic mass is 17.2. The largest absolute Gasteiger partial charge is 0.394 e. The van der Waals surface area contributed by atoms with Gasteiger partial charge in [0.25, 0.3) is 0 Å². The summed E-state index contributed by atoms with van der Waals surface area (Å²) >= 11 is 0. The first-order chi connectivity index (χ1) is 16.5. The maximum atomic E-state index is 10.6. The van der Waals surface area contributed by atoms with Crippen molar-refractivity contribution in [3.63, 3.8) is 0 Å². The zero-order valence-electron chi connectivity index (χ0n) is 18.7. The first-order valence-electron chi connectivity index (χ1n) is 11.1. The standard InChI is InChI=1S/C19H34O16/c1-5-9(23)16(12(26)8(4-22)30-5)33-19-17(14(28)11(25)7(3-21)32-19)34-35-18-15(29)13(27)10(24)6(2-20)31-18/h5-29H,2-4H2,1H3/t5-,6?,7?,8?,9?,10-,11+,12+,13?,14?,15?,16?,17?,18-,19+/m0/s1. The monoisotopic (exact) mass is 518 g/mol. The van der Waals surface area contributed by atoms with Crippen LogP contribution in [0.1, 0.15) is 6.92 Å². The third kappa shape index (κ3) is 5.93. The van der Waals surface area contributed by atoms with Crippen LogP contribution >= 0.6 is 0 Å². The summed E-state index contributed by atoms with van der Waals surface area (Å²) in [5, 5.41) is 99.8. The number of rotatable bonds is 8. The van der Waals surface area contributed by atoms with Gasteiger partial charge in [-0.2, -0.15) is 0 Å². The van der Waals surface area contributed by atoms with E-state index < -0.39 is 112 Å². The molecule has 0 amide bonds. The van der Waals surface area contributed by atoms with Crippen LogP contribution in [0, 0.1) is 0 Å². The third-order valence-corrected chi connectivity index (χ3v) is 6.33. The van der Waals surface area contributed by atoms with E-state index in [-0.39, 0.29) is 0 Å². The average molecular weight is 518 g/mol. The average Bonchev–Trinajstić information content (AvgIpc) is 2.85. The Bertz CT molecular complexity index is 654. The summed E-state index contributed by atoms with van der Waals surface area (Å²) in [6.45, 7) is -0.647. The molecule has 3 fully saturated rings. The molecule has 0 aromatic carbocycles. The van der Waals surface area contributed by atoms with Crippen molar-refractivity contribution >= 4 is 0 Å². The fourth-order valence-corrected chi connectivity index (χ4v) is 4.12. The molecule has 15 atom stereocenters. The van der Waals surface area contributed by atoms with Crippen LogP contribution in [0.2, 0.25) is 0 Å². The molecule has 16 nitrogen and oxygen atoms in total. The van der Waals surface area contributed by atoms with Gasteiger partial charge in [0.15, 0.2) is 12.4 Å². The van der Waals surface area contributed by atoms with Crippen LogP contribution in [-0.2, 0) is 28.7 Å². The first kappa shape index (κ1) is 28.9. The molecule has 0 aliphatic carbocycles. The molecule has 206 valence electrons. The Balaban J connectivity index is 1.77. The van der Waals surface area contributed by atoms with E-state index >= 15 is 0 Å². The molecule has 3 heterocycles. The molecule has 0 radical (unpaired) electrons. The summed E-state index contributed by atoms with van der Waals surface area (Å²) in [5.74, 6) is 0. The van der Waals surface area contributed by atoms with Crippen LogP contribution in [-0.4, -0.2) is 163 Å². The summed E-state index contributed by atoms with van der Waals surface area (Å²) in [6.07, 6.45) is -23.2. The van der Waals surface area contributed by atoms with Gasteiger partial charge >= 0.3 is 0 Å². The van der Waals surface area contributed by atoms with Gasteiger partial charge in [-0.05, 0) is 6.92 Å². The summed E-state index contributed by atoms with van der Waals surface area (Å²) < 4.78 is 21.5. The third-order valence-electron chi connectivity index (χ3n) is 6.33. The van der Waals surface area contributed by atoms with E-state index in [9.17, 15) is 51.1 Å². The predicted octanol–water partition coefficient (Wildman–Crippen LogP) is -6.57. The summed E-state index contributed by atoms with van der Waals surface area (Å²) in [5.41, 5.74) is 0. The van der Waals surface area contributed by atoms with Crippen molar-refractivity contribution < 1.29 is 79.8 Å². The molecule has 3 aliphatic rings. The van der Waals surface area contributed by atoms with E-state index in [1.807, 2.05) is 0 Å². The predicted molar refractivity (Wildman–Crippen MR) is 106 cm³/mol. The molecule has 0 spiro atoms. The zero-order chi connectivity index (χ0) is 26.0. The molecule has 9 unspecified atom stereocenters. The highest BCUT2D eigenvalue weighted by Crippen LogP contribution is 2.31. The molecule has 16 heteroatoms. The second-order valence-electron chi connectivity index (χ2n) is 8.71. The molecule has 0 aromatic rings. The first-order valence-corrected chi connectivity index (χ1v) is 11.1. The molecular weight excluding hydrogens is 484 g/mol. The topological polar surface area (TPSA) is 258 Å². The summed E-state index contributed by atoms with van der Waals surface area (Å²) in [7, 11) is 0. The number of aliphatic hydroxyl groups excluding tert-OH is 10. The lowest BCUT2D eigenvalue weighted by Gasteiger charge is -2.46. The van der Waals surface area contributed by atoms with Gasteiger partial charge in [0.05, 0.1) is 25.9 Å². The molecule has 35 heavy (non-hydrogen) atoms. The van der Waals surface area contributed by atoms with Crippen LogP contribution in [0.15, 0.2) is 0 Å². The second kappa shape index (κ2) is 12.3. The van der Waals surface area contributed by atoms with E-state index in [4.69, 9.17) is 28.7 Å². The number of aliphatic hydroxyl groups is 10. The Morgan fingerprint density at radius 3 is 1.60 bits per heavy atom. The minimum Gasteiger partial charge on any atom is -0.394 e. The molecule has 0 bridgehead atoms. The Hall–Kier alpha value is -0.640. The maximum absolute atomic E-state index is 10.6. The molecule has 3 aliphatic heterocycles. The van der Waals surface area contributed by atoms with Gasteiger partial charge < -0.3 is 70.0 Å². The van der Waals surface area contributed by atoms with Crippen molar-refractivity contribution in [1.29, 1.82) is 0 Å². The minimum absolute atomic E-state index is 0.607. The Labute approximate surface area is 199 Å². The van der Waals surface area contributed by atoms with Gasteiger partial charge in [-0.3, -0.25) is 0 Å². The smallest absolute Gasteiger partial charge is 0.220 e. The van der Waals surface area contributed by atoms with Crippen molar-refractivity contribution in [2.24, 2.45) is 0 Å². The number of ether oxygens (including phenoxy) is 4. The summed E-state index contributed by atoms with van der Waals surface area (Å²) in [4.78, 5) is 10.1. The van der Waals surface area contributed by atoms with Crippen molar-refractivity contribution in [3.05, 3.63) is 0 Å². The highest BCUT2D eigenvalue weighted by molar-refractivity contribution is 4.95. The lowest BCUT2D eigenvalue weighted by atomic mass is 9.95. The van der Waals surface area contributed by atoms with E-state index in [1.54, 1.807) is 0 Å². The lowest BCUT2D eigenvalue weighted by Crippen LogP contribution is -2.65. The van der Waals surface area contributed by atoms with Crippen LogP contribution in [0.25, 0.3) is 0 Å². The molecule has 10 N–H and O–H groups in total. The van der Waals surface area contributed by atoms with E-state index in [1.165, 1.54) is 6.92 Å². The molecule has 0 saturated carbocycles. The molecule has 3 rings (SSSR count). The summed E-state index contributed by atoms with van der Waals surface area (Å²) in [6, 6.07) is 0. The van der Waals surface area contributed by atoms with Crippen molar-refractivity contribution in [3.8, 4) is 0 Å². The van der Waals surface area contributed by atoms with Crippen molar-refractivity contribution in [1.82, 2.24) is 0 Å². The van der Waals surface area contributed by atoms with Crippen LogP contribution in [0.5, 0.6) is 0 Å². The molecule has 3 saturated heterocycles. The maximum Gasteiger partial charge on any atom is 0.220 e. The SMILES string of the molecule is C[C@@H]1OC(CO)[C@@H](O)C(O[C@H]2OC(CO)[C@@H](O)C(O)C2OO[C@@H]2OC(CO)[C@H](O)C(O)C2O)C1O. The fourth-order valence-electron chi connectivity index (χ4n) is 4.12. The molecule has 0 aromatic heterocycles. The quantitative estimate of drug-likeness (QED) is 0.106. The highest BCUT2D eigenvalue weighted by Gasteiger charge is 2.52. The van der Waals surface area contributed by atoms with Gasteiger partial charge in [0.2, 0.25) is 6.29 Å². The van der Waals surface area contributed by atoms with E-state index in [0.717, 1.165) is 0 Å². The van der Waals surface area contributed by atoms with Crippen LogP contribution < -0.4 is 0 Å². The fraction of sp³-hybridized carbons (Fsp3) is 1.00. The Morgan fingerprint density at radius 2 is 1.03 bits per heavy atom.